The Bertz CT molecular complexity index is 831. The second kappa shape index (κ2) is 6.49. The summed E-state index contributed by atoms with van der Waals surface area (Å²) in [6, 6.07) is 19.1. The smallest absolute Gasteiger partial charge is 0.252 e. The predicted molar refractivity (Wildman–Crippen MR) is 91.8 cm³/mol. The summed E-state index contributed by atoms with van der Waals surface area (Å²) in [6.07, 6.45) is 2.02. The van der Waals surface area contributed by atoms with Crippen molar-refractivity contribution in [3.63, 3.8) is 0 Å². The van der Waals surface area contributed by atoms with E-state index in [4.69, 9.17) is 0 Å². The van der Waals surface area contributed by atoms with E-state index in [-0.39, 0.29) is 5.56 Å². The van der Waals surface area contributed by atoms with Crippen LogP contribution < -0.4 is 10.9 Å². The van der Waals surface area contributed by atoms with E-state index in [9.17, 15) is 4.79 Å². The zero-order chi connectivity index (χ0) is 15.4. The molecule has 0 fully saturated rings. The van der Waals surface area contributed by atoms with Crippen molar-refractivity contribution in [1.29, 1.82) is 0 Å². The number of nitrogens with zero attached hydrogens (tertiary/aromatic N) is 1. The molecule has 5 heteroatoms. The van der Waals surface area contributed by atoms with Gasteiger partial charge in [-0.05, 0) is 24.5 Å². The van der Waals surface area contributed by atoms with Crippen molar-refractivity contribution in [2.24, 2.45) is 0 Å². The largest absolute Gasteiger partial charge is 0.326 e. The van der Waals surface area contributed by atoms with E-state index in [0.29, 0.717) is 11.6 Å². The Labute approximate surface area is 132 Å². The fraction of sp³-hybridized carbons (Fsp3) is 0.0588. The Morgan fingerprint density at radius 2 is 1.86 bits per heavy atom. The Morgan fingerprint density at radius 3 is 2.64 bits per heavy atom. The minimum absolute atomic E-state index is 0.183. The Hall–Kier alpha value is -2.53. The normalized spacial score (nSPS) is 10.4. The molecule has 110 valence electrons. The van der Waals surface area contributed by atoms with E-state index in [2.05, 4.69) is 15.3 Å². The lowest BCUT2D eigenvalue weighted by Gasteiger charge is -2.08. The second-order valence-electron chi connectivity index (χ2n) is 4.70. The first kappa shape index (κ1) is 14.4. The summed E-state index contributed by atoms with van der Waals surface area (Å²) >= 11 is 1.66. The van der Waals surface area contributed by atoms with Gasteiger partial charge < -0.3 is 5.32 Å². The van der Waals surface area contributed by atoms with Crippen LogP contribution in [-0.2, 0) is 0 Å². The van der Waals surface area contributed by atoms with Crippen LogP contribution in [0.2, 0.25) is 0 Å². The number of H-pyrrole nitrogens is 1. The van der Waals surface area contributed by atoms with Gasteiger partial charge in [0.25, 0.3) is 5.56 Å². The van der Waals surface area contributed by atoms with Gasteiger partial charge in [-0.1, -0.05) is 36.4 Å². The Kier molecular flexibility index (Phi) is 4.25. The highest BCUT2D eigenvalue weighted by Crippen LogP contribution is 2.21. The number of aromatic amines is 1. The maximum atomic E-state index is 11.9. The fourth-order valence-corrected chi connectivity index (χ4v) is 2.57. The van der Waals surface area contributed by atoms with Crippen LogP contribution in [0.4, 0.5) is 11.6 Å². The molecule has 0 spiro atoms. The lowest BCUT2D eigenvalue weighted by molar-refractivity contribution is 1.12. The fourth-order valence-electron chi connectivity index (χ4n) is 2.11. The molecule has 3 rings (SSSR count). The molecule has 0 atom stereocenters. The van der Waals surface area contributed by atoms with Gasteiger partial charge >= 0.3 is 0 Å². The first-order valence-corrected chi connectivity index (χ1v) is 8.05. The van der Waals surface area contributed by atoms with Gasteiger partial charge in [-0.3, -0.25) is 9.78 Å². The molecular formula is C17H15N3OS. The molecule has 0 amide bonds. The first-order valence-electron chi connectivity index (χ1n) is 6.82. The van der Waals surface area contributed by atoms with Crippen LogP contribution in [0.1, 0.15) is 0 Å². The van der Waals surface area contributed by atoms with E-state index in [1.807, 2.05) is 60.9 Å². The molecule has 0 aliphatic rings. The number of nitrogens with one attached hydrogen (secondary N) is 2. The Morgan fingerprint density at radius 1 is 1.05 bits per heavy atom. The summed E-state index contributed by atoms with van der Waals surface area (Å²) in [6.45, 7) is 0. The standard InChI is InChI=1S/C17H15N3OS/c1-22-14-9-5-8-13(10-14)18-17-19-15(11-16(21)20-17)12-6-3-2-4-7-12/h2-11H,1H3,(H2,18,19,20,21). The molecule has 22 heavy (non-hydrogen) atoms. The molecule has 4 nitrogen and oxygen atoms in total. The number of hydrogen-bond acceptors (Lipinski definition) is 4. The minimum atomic E-state index is -0.183. The van der Waals surface area contributed by atoms with Crippen LogP contribution in [-0.4, -0.2) is 16.2 Å². The molecule has 0 saturated heterocycles. The second-order valence-corrected chi connectivity index (χ2v) is 5.58. The zero-order valence-corrected chi connectivity index (χ0v) is 12.9. The maximum Gasteiger partial charge on any atom is 0.252 e. The molecule has 2 N–H and O–H groups in total. The first-order chi connectivity index (χ1) is 10.7. The van der Waals surface area contributed by atoms with Gasteiger partial charge in [0, 0.05) is 22.2 Å². The SMILES string of the molecule is CSc1cccc(Nc2nc(-c3ccccc3)cc(=O)[nH]2)c1. The van der Waals surface area contributed by atoms with Crippen LogP contribution >= 0.6 is 11.8 Å². The average Bonchev–Trinajstić information content (AvgIpc) is 2.55. The van der Waals surface area contributed by atoms with Gasteiger partial charge in [0.05, 0.1) is 5.69 Å². The highest BCUT2D eigenvalue weighted by molar-refractivity contribution is 7.98. The topological polar surface area (TPSA) is 57.8 Å². The van der Waals surface area contributed by atoms with Gasteiger partial charge in [0.15, 0.2) is 0 Å². The van der Waals surface area contributed by atoms with Crippen LogP contribution in [0.3, 0.4) is 0 Å². The maximum absolute atomic E-state index is 11.9. The van der Waals surface area contributed by atoms with Crippen molar-refractivity contribution in [2.45, 2.75) is 4.90 Å². The monoisotopic (exact) mass is 309 g/mol. The van der Waals surface area contributed by atoms with Crippen molar-refractivity contribution in [1.82, 2.24) is 9.97 Å². The number of rotatable bonds is 4. The van der Waals surface area contributed by atoms with E-state index < -0.39 is 0 Å². The highest BCUT2D eigenvalue weighted by Gasteiger charge is 2.04. The van der Waals surface area contributed by atoms with E-state index in [1.54, 1.807) is 11.8 Å². The number of aromatic nitrogens is 2. The van der Waals surface area contributed by atoms with Gasteiger partial charge in [-0.15, -0.1) is 11.8 Å². The number of anilines is 2. The van der Waals surface area contributed by atoms with Crippen LogP contribution in [0.25, 0.3) is 11.3 Å². The van der Waals surface area contributed by atoms with Gasteiger partial charge in [-0.2, -0.15) is 0 Å². The number of benzene rings is 2. The minimum Gasteiger partial charge on any atom is -0.326 e. The molecular weight excluding hydrogens is 294 g/mol. The molecule has 3 aromatic rings. The quantitative estimate of drug-likeness (QED) is 0.718. The summed E-state index contributed by atoms with van der Waals surface area (Å²) < 4.78 is 0. The van der Waals surface area contributed by atoms with Crippen LogP contribution in [0.5, 0.6) is 0 Å². The highest BCUT2D eigenvalue weighted by atomic mass is 32.2. The van der Waals surface area contributed by atoms with Crippen molar-refractivity contribution in [3.05, 3.63) is 71.0 Å². The van der Waals surface area contributed by atoms with Crippen molar-refractivity contribution in [3.8, 4) is 11.3 Å². The third-order valence-corrected chi connectivity index (χ3v) is 3.87. The van der Waals surface area contributed by atoms with Crippen molar-refractivity contribution < 1.29 is 0 Å². The molecule has 0 unspecified atom stereocenters. The molecule has 0 radical (unpaired) electrons. The van der Waals surface area contributed by atoms with Crippen molar-refractivity contribution in [2.75, 3.05) is 11.6 Å². The molecule has 0 aliphatic carbocycles. The lowest BCUT2D eigenvalue weighted by Crippen LogP contribution is -2.10. The predicted octanol–water partition coefficient (Wildman–Crippen LogP) is 3.90. The summed E-state index contributed by atoms with van der Waals surface area (Å²) in [7, 11) is 0. The van der Waals surface area contributed by atoms with E-state index in [1.165, 1.54) is 6.07 Å². The molecule has 0 saturated carbocycles. The number of hydrogen-bond donors (Lipinski definition) is 2. The summed E-state index contributed by atoms with van der Waals surface area (Å²) in [4.78, 5) is 20.2. The summed E-state index contributed by atoms with van der Waals surface area (Å²) in [5.74, 6) is 0.435. The zero-order valence-electron chi connectivity index (χ0n) is 12.0. The number of thioether (sulfide) groups is 1. The molecule has 0 aliphatic heterocycles. The van der Waals surface area contributed by atoms with Gasteiger partial charge in [-0.25, -0.2) is 4.98 Å². The Balaban J connectivity index is 1.94. The molecule has 1 aromatic heterocycles. The molecule has 1 heterocycles. The molecule has 0 bridgehead atoms. The van der Waals surface area contributed by atoms with E-state index in [0.717, 1.165) is 16.1 Å². The van der Waals surface area contributed by atoms with Gasteiger partial charge in [0.2, 0.25) is 5.95 Å². The summed E-state index contributed by atoms with van der Waals surface area (Å²) in [5, 5.41) is 3.15. The van der Waals surface area contributed by atoms with Crippen LogP contribution in [0, 0.1) is 0 Å². The third-order valence-electron chi connectivity index (χ3n) is 3.14. The molecule has 2 aromatic carbocycles. The lowest BCUT2D eigenvalue weighted by atomic mass is 10.1. The van der Waals surface area contributed by atoms with Crippen LogP contribution in [0.15, 0.2) is 70.4 Å². The summed E-state index contributed by atoms with van der Waals surface area (Å²) in [5.41, 5.74) is 2.26. The third kappa shape index (κ3) is 3.38. The van der Waals surface area contributed by atoms with Crippen molar-refractivity contribution >= 4 is 23.4 Å². The average molecular weight is 309 g/mol. The van der Waals surface area contributed by atoms with Gasteiger partial charge in [0.1, 0.15) is 0 Å². The van der Waals surface area contributed by atoms with E-state index >= 15 is 0 Å².